The van der Waals surface area contributed by atoms with Crippen LogP contribution in [0.3, 0.4) is 0 Å². The van der Waals surface area contributed by atoms with Crippen LogP contribution in [0.25, 0.3) is 0 Å². The molecular weight excluding hydrogens is 128 g/mol. The molecule has 2 fully saturated rings. The molecule has 1 aliphatic heterocycles. The summed E-state index contributed by atoms with van der Waals surface area (Å²) >= 11 is 0. The average molecular weight is 140 g/mol. The summed E-state index contributed by atoms with van der Waals surface area (Å²) in [7, 11) is 0. The van der Waals surface area contributed by atoms with E-state index < -0.39 is 0 Å². The zero-order chi connectivity index (χ0) is 6.97. The number of hydrogen-bond donors (Lipinski definition) is 0. The van der Waals surface area contributed by atoms with Crippen molar-refractivity contribution < 1.29 is 9.53 Å². The molecule has 2 rings (SSSR count). The molecule has 0 N–H and O–H groups in total. The molecule has 1 saturated heterocycles. The number of ether oxygens (including phenoxy) is 1. The van der Waals surface area contributed by atoms with Gasteiger partial charge in [0.25, 0.3) is 0 Å². The molecule has 0 radical (unpaired) electrons. The lowest BCUT2D eigenvalue weighted by atomic mass is 9.96. The van der Waals surface area contributed by atoms with Gasteiger partial charge in [-0.3, -0.25) is 4.79 Å². The van der Waals surface area contributed by atoms with E-state index in [2.05, 4.69) is 0 Å². The minimum absolute atomic E-state index is 0.272. The molecule has 2 heteroatoms. The molecule has 0 bridgehead atoms. The summed E-state index contributed by atoms with van der Waals surface area (Å²) in [4.78, 5) is 11.2. The van der Waals surface area contributed by atoms with Gasteiger partial charge in [-0.05, 0) is 12.8 Å². The SMILES string of the molecule is O=C1CCOC2CCCC12. The van der Waals surface area contributed by atoms with E-state index in [0.29, 0.717) is 24.9 Å². The maximum absolute atomic E-state index is 11.2. The molecule has 2 aliphatic rings. The molecule has 2 unspecified atom stereocenters. The van der Waals surface area contributed by atoms with Gasteiger partial charge in [-0.2, -0.15) is 0 Å². The van der Waals surface area contributed by atoms with E-state index in [1.165, 1.54) is 6.42 Å². The van der Waals surface area contributed by atoms with Crippen LogP contribution in [0, 0.1) is 5.92 Å². The molecule has 0 amide bonds. The minimum Gasteiger partial charge on any atom is -0.377 e. The number of Topliss-reactive ketones (excluding diaryl/α,β-unsaturated/α-hetero) is 1. The number of carbonyl (C=O) groups excluding carboxylic acids is 1. The number of fused-ring (bicyclic) bond motifs is 1. The Hall–Kier alpha value is -0.370. The third-order valence-electron chi connectivity index (χ3n) is 2.55. The third kappa shape index (κ3) is 0.870. The smallest absolute Gasteiger partial charge is 0.140 e. The van der Waals surface area contributed by atoms with Gasteiger partial charge in [0.1, 0.15) is 5.78 Å². The second kappa shape index (κ2) is 2.35. The van der Waals surface area contributed by atoms with Crippen LogP contribution in [0.1, 0.15) is 25.7 Å². The predicted octanol–water partition coefficient (Wildman–Crippen LogP) is 1.14. The Bertz CT molecular complexity index is 153. The quantitative estimate of drug-likeness (QED) is 0.504. The molecule has 2 nitrogen and oxygen atoms in total. The molecular formula is C8H12O2. The molecule has 1 heterocycles. The van der Waals surface area contributed by atoms with Crippen molar-refractivity contribution in [2.24, 2.45) is 5.92 Å². The second-order valence-corrected chi connectivity index (χ2v) is 3.16. The minimum atomic E-state index is 0.272. The number of hydrogen-bond acceptors (Lipinski definition) is 2. The van der Waals surface area contributed by atoms with E-state index in [9.17, 15) is 4.79 Å². The van der Waals surface area contributed by atoms with E-state index in [-0.39, 0.29) is 5.92 Å². The van der Waals surface area contributed by atoms with Crippen molar-refractivity contribution in [1.29, 1.82) is 0 Å². The lowest BCUT2D eigenvalue weighted by Crippen LogP contribution is -2.32. The maximum atomic E-state index is 11.2. The molecule has 0 aromatic carbocycles. The number of carbonyl (C=O) groups is 1. The van der Waals surface area contributed by atoms with Crippen molar-refractivity contribution in [1.82, 2.24) is 0 Å². The molecule has 1 aliphatic carbocycles. The first-order chi connectivity index (χ1) is 4.88. The van der Waals surface area contributed by atoms with E-state index in [4.69, 9.17) is 4.74 Å². The Morgan fingerprint density at radius 3 is 3.10 bits per heavy atom. The highest BCUT2D eigenvalue weighted by atomic mass is 16.5. The van der Waals surface area contributed by atoms with E-state index in [0.717, 1.165) is 12.8 Å². The monoisotopic (exact) mass is 140 g/mol. The Kier molecular flexibility index (Phi) is 1.49. The van der Waals surface area contributed by atoms with Crippen LogP contribution in [-0.2, 0) is 9.53 Å². The summed E-state index contributed by atoms with van der Waals surface area (Å²) in [6, 6.07) is 0. The van der Waals surface area contributed by atoms with Gasteiger partial charge in [0.05, 0.1) is 12.7 Å². The van der Waals surface area contributed by atoms with E-state index in [1.54, 1.807) is 0 Å². The van der Waals surface area contributed by atoms with Crippen LogP contribution in [0.5, 0.6) is 0 Å². The van der Waals surface area contributed by atoms with Gasteiger partial charge in [0.15, 0.2) is 0 Å². The summed E-state index contributed by atoms with van der Waals surface area (Å²) in [5, 5.41) is 0. The van der Waals surface area contributed by atoms with Gasteiger partial charge in [-0.15, -0.1) is 0 Å². The maximum Gasteiger partial charge on any atom is 0.140 e. The normalized spacial score (nSPS) is 39.8. The summed E-state index contributed by atoms with van der Waals surface area (Å²) < 4.78 is 5.45. The predicted molar refractivity (Wildman–Crippen MR) is 36.7 cm³/mol. The zero-order valence-corrected chi connectivity index (χ0v) is 6.01. The first kappa shape index (κ1) is 6.35. The Balaban J connectivity index is 2.10. The van der Waals surface area contributed by atoms with Crippen molar-refractivity contribution in [3.63, 3.8) is 0 Å². The number of ketones is 1. The van der Waals surface area contributed by atoms with Crippen LogP contribution in [0.4, 0.5) is 0 Å². The number of rotatable bonds is 0. The Morgan fingerprint density at radius 1 is 1.40 bits per heavy atom. The molecule has 0 spiro atoms. The topological polar surface area (TPSA) is 26.3 Å². The lowest BCUT2D eigenvalue weighted by molar-refractivity contribution is -0.134. The van der Waals surface area contributed by atoms with Crippen LogP contribution in [-0.4, -0.2) is 18.5 Å². The Morgan fingerprint density at radius 2 is 2.30 bits per heavy atom. The first-order valence-corrected chi connectivity index (χ1v) is 4.02. The van der Waals surface area contributed by atoms with Crippen molar-refractivity contribution in [3.05, 3.63) is 0 Å². The third-order valence-corrected chi connectivity index (χ3v) is 2.55. The fourth-order valence-electron chi connectivity index (χ4n) is 1.99. The van der Waals surface area contributed by atoms with Gasteiger partial charge in [-0.1, -0.05) is 6.42 Å². The van der Waals surface area contributed by atoms with Crippen LogP contribution in [0.15, 0.2) is 0 Å². The zero-order valence-electron chi connectivity index (χ0n) is 6.01. The van der Waals surface area contributed by atoms with Crippen LogP contribution >= 0.6 is 0 Å². The van der Waals surface area contributed by atoms with Gasteiger partial charge in [0, 0.05) is 12.3 Å². The molecule has 10 heavy (non-hydrogen) atoms. The second-order valence-electron chi connectivity index (χ2n) is 3.16. The van der Waals surface area contributed by atoms with Gasteiger partial charge in [0.2, 0.25) is 0 Å². The van der Waals surface area contributed by atoms with E-state index >= 15 is 0 Å². The summed E-state index contributed by atoms with van der Waals surface area (Å²) in [6.07, 6.45) is 4.31. The largest absolute Gasteiger partial charge is 0.377 e. The van der Waals surface area contributed by atoms with Gasteiger partial charge >= 0.3 is 0 Å². The molecule has 0 aromatic heterocycles. The highest BCUT2D eigenvalue weighted by Crippen LogP contribution is 2.32. The van der Waals surface area contributed by atoms with Crippen LogP contribution in [0.2, 0.25) is 0 Å². The van der Waals surface area contributed by atoms with Crippen LogP contribution < -0.4 is 0 Å². The molecule has 2 atom stereocenters. The molecule has 1 saturated carbocycles. The van der Waals surface area contributed by atoms with E-state index in [1.807, 2.05) is 0 Å². The Labute approximate surface area is 60.6 Å². The lowest BCUT2D eigenvalue weighted by Gasteiger charge is -2.23. The van der Waals surface area contributed by atoms with Crippen molar-refractivity contribution in [2.45, 2.75) is 31.8 Å². The fraction of sp³-hybridized carbons (Fsp3) is 0.875. The van der Waals surface area contributed by atoms with Crippen molar-refractivity contribution in [3.8, 4) is 0 Å². The first-order valence-electron chi connectivity index (χ1n) is 4.02. The average Bonchev–Trinajstić information content (AvgIpc) is 2.36. The summed E-state index contributed by atoms with van der Waals surface area (Å²) in [6.45, 7) is 0.667. The molecule has 0 aromatic rings. The highest BCUT2D eigenvalue weighted by molar-refractivity contribution is 5.82. The van der Waals surface area contributed by atoms with Crippen molar-refractivity contribution >= 4 is 5.78 Å². The highest BCUT2D eigenvalue weighted by Gasteiger charge is 2.36. The molecule has 56 valence electrons. The standard InChI is InChI=1S/C8H12O2/c9-7-4-5-10-8-3-1-2-6(7)8/h6,8H,1-5H2. The summed E-state index contributed by atoms with van der Waals surface area (Å²) in [5.74, 6) is 0.711. The van der Waals surface area contributed by atoms with Gasteiger partial charge in [-0.25, -0.2) is 0 Å². The fourth-order valence-corrected chi connectivity index (χ4v) is 1.99. The van der Waals surface area contributed by atoms with Crippen molar-refractivity contribution in [2.75, 3.05) is 6.61 Å². The summed E-state index contributed by atoms with van der Waals surface area (Å²) in [5.41, 5.74) is 0. The van der Waals surface area contributed by atoms with Gasteiger partial charge < -0.3 is 4.74 Å².